The number of anilines is 2. The van der Waals surface area contributed by atoms with Crippen LogP contribution in [0.2, 0.25) is 0 Å². The molecule has 0 aliphatic rings. The largest absolute Gasteiger partial charge is 0.496 e. The summed E-state index contributed by atoms with van der Waals surface area (Å²) in [6.45, 7) is 5.28. The van der Waals surface area contributed by atoms with Gasteiger partial charge in [-0.2, -0.15) is 0 Å². The number of carbonyl (C=O) groups is 2. The minimum Gasteiger partial charge on any atom is -0.496 e. The number of hydrogen-bond acceptors (Lipinski definition) is 3. The van der Waals surface area contributed by atoms with Crippen LogP contribution in [0.15, 0.2) is 36.4 Å². The van der Waals surface area contributed by atoms with E-state index < -0.39 is 0 Å². The van der Waals surface area contributed by atoms with Crippen LogP contribution in [0.5, 0.6) is 5.75 Å². The summed E-state index contributed by atoms with van der Waals surface area (Å²) in [5.74, 6) is 0.443. The number of ether oxygens (including phenoxy) is 1. The summed E-state index contributed by atoms with van der Waals surface area (Å²) < 4.78 is 5.27. The topological polar surface area (TPSA) is 67.4 Å². The van der Waals surface area contributed by atoms with E-state index in [4.69, 9.17) is 4.74 Å². The van der Waals surface area contributed by atoms with Crippen LogP contribution >= 0.6 is 0 Å². The van der Waals surface area contributed by atoms with Gasteiger partial charge in [0.15, 0.2) is 0 Å². The van der Waals surface area contributed by atoms with Gasteiger partial charge in [0.25, 0.3) is 5.91 Å². The molecule has 0 radical (unpaired) electrons. The maximum Gasteiger partial charge on any atom is 0.255 e. The highest BCUT2D eigenvalue weighted by Gasteiger charge is 2.10. The molecule has 0 unspecified atom stereocenters. The highest BCUT2D eigenvalue weighted by atomic mass is 16.5. The third kappa shape index (κ3) is 4.10. The van der Waals surface area contributed by atoms with E-state index in [2.05, 4.69) is 10.6 Å². The second kappa shape index (κ2) is 6.96. The van der Waals surface area contributed by atoms with Gasteiger partial charge in [-0.1, -0.05) is 0 Å². The smallest absolute Gasteiger partial charge is 0.255 e. The van der Waals surface area contributed by atoms with Crippen molar-refractivity contribution in [2.45, 2.75) is 20.8 Å². The number of rotatable bonds is 4. The molecule has 0 fully saturated rings. The van der Waals surface area contributed by atoms with Gasteiger partial charge in [-0.15, -0.1) is 0 Å². The molecular formula is C18H20N2O3. The molecule has 0 saturated heterocycles. The second-order valence-corrected chi connectivity index (χ2v) is 5.35. The van der Waals surface area contributed by atoms with Crippen molar-refractivity contribution in [3.63, 3.8) is 0 Å². The molecule has 2 aromatic carbocycles. The average molecular weight is 312 g/mol. The zero-order valence-electron chi connectivity index (χ0n) is 13.7. The zero-order valence-corrected chi connectivity index (χ0v) is 13.7. The maximum atomic E-state index is 12.3. The Kier molecular flexibility index (Phi) is 5.01. The Morgan fingerprint density at radius 3 is 2.17 bits per heavy atom. The van der Waals surface area contributed by atoms with Gasteiger partial charge in [0.2, 0.25) is 5.91 Å². The molecule has 0 heterocycles. The molecule has 0 spiro atoms. The Hall–Kier alpha value is -2.82. The fourth-order valence-corrected chi connectivity index (χ4v) is 2.25. The predicted molar refractivity (Wildman–Crippen MR) is 91.2 cm³/mol. The average Bonchev–Trinajstić information content (AvgIpc) is 2.50. The van der Waals surface area contributed by atoms with Crippen molar-refractivity contribution >= 4 is 23.2 Å². The lowest BCUT2D eigenvalue weighted by Gasteiger charge is -2.13. The lowest BCUT2D eigenvalue weighted by Crippen LogP contribution is -2.13. The van der Waals surface area contributed by atoms with E-state index in [9.17, 15) is 9.59 Å². The fraction of sp³-hybridized carbons (Fsp3) is 0.222. The number of methoxy groups -OCH3 is 1. The first-order valence-corrected chi connectivity index (χ1v) is 7.25. The molecule has 5 nitrogen and oxygen atoms in total. The van der Waals surface area contributed by atoms with Crippen molar-refractivity contribution in [1.82, 2.24) is 0 Å². The van der Waals surface area contributed by atoms with Crippen LogP contribution in [-0.2, 0) is 4.79 Å². The first-order chi connectivity index (χ1) is 10.9. The van der Waals surface area contributed by atoms with E-state index in [0.717, 1.165) is 22.6 Å². The number of aryl methyl sites for hydroxylation is 2. The van der Waals surface area contributed by atoms with Crippen molar-refractivity contribution in [3.8, 4) is 5.75 Å². The molecule has 2 rings (SSSR count). The normalized spacial score (nSPS) is 10.1. The zero-order chi connectivity index (χ0) is 17.0. The summed E-state index contributed by atoms with van der Waals surface area (Å²) in [5, 5.41) is 5.56. The lowest BCUT2D eigenvalue weighted by molar-refractivity contribution is -0.114. The fourth-order valence-electron chi connectivity index (χ4n) is 2.25. The van der Waals surface area contributed by atoms with Crippen LogP contribution in [-0.4, -0.2) is 18.9 Å². The van der Waals surface area contributed by atoms with Gasteiger partial charge in [-0.3, -0.25) is 9.59 Å². The monoisotopic (exact) mass is 312 g/mol. The van der Waals surface area contributed by atoms with Gasteiger partial charge in [-0.05, 0) is 61.4 Å². The number of amides is 2. The molecule has 120 valence electrons. The Morgan fingerprint density at radius 2 is 1.61 bits per heavy atom. The molecule has 23 heavy (non-hydrogen) atoms. The minimum atomic E-state index is -0.202. The third-order valence-electron chi connectivity index (χ3n) is 3.46. The van der Waals surface area contributed by atoms with Gasteiger partial charge < -0.3 is 15.4 Å². The van der Waals surface area contributed by atoms with Crippen LogP contribution in [0.3, 0.4) is 0 Å². The Labute approximate surface area is 135 Å². The van der Waals surface area contributed by atoms with E-state index in [1.807, 2.05) is 26.0 Å². The van der Waals surface area contributed by atoms with Crippen molar-refractivity contribution in [1.29, 1.82) is 0 Å². The molecule has 2 N–H and O–H groups in total. The molecule has 2 amide bonds. The van der Waals surface area contributed by atoms with Gasteiger partial charge >= 0.3 is 0 Å². The summed E-state index contributed by atoms with van der Waals surface area (Å²) in [4.78, 5) is 23.3. The van der Waals surface area contributed by atoms with Crippen molar-refractivity contribution in [2.75, 3.05) is 17.7 Å². The van der Waals surface area contributed by atoms with Crippen LogP contribution in [0.4, 0.5) is 11.4 Å². The van der Waals surface area contributed by atoms with E-state index in [0.29, 0.717) is 11.3 Å². The van der Waals surface area contributed by atoms with Crippen LogP contribution in [0, 0.1) is 13.8 Å². The SMILES string of the molecule is COc1cc(C)c(NC(=O)c2ccc(NC(C)=O)cc2)cc1C. The Bertz CT molecular complexity index is 737. The first kappa shape index (κ1) is 16.5. The van der Waals surface area contributed by atoms with Gasteiger partial charge in [0.05, 0.1) is 7.11 Å². The number of benzene rings is 2. The standard InChI is InChI=1S/C18H20N2O3/c1-11-10-17(23-4)12(2)9-16(11)20-18(22)14-5-7-15(8-6-14)19-13(3)21/h5-10H,1-4H3,(H,19,21)(H,20,22). The van der Waals surface area contributed by atoms with Gasteiger partial charge in [-0.25, -0.2) is 0 Å². The molecule has 0 aromatic heterocycles. The third-order valence-corrected chi connectivity index (χ3v) is 3.46. The van der Waals surface area contributed by atoms with Crippen LogP contribution in [0.25, 0.3) is 0 Å². The molecule has 2 aromatic rings. The molecule has 0 saturated carbocycles. The van der Waals surface area contributed by atoms with E-state index in [1.165, 1.54) is 6.92 Å². The summed E-state index contributed by atoms with van der Waals surface area (Å²) in [6.07, 6.45) is 0. The van der Waals surface area contributed by atoms with Crippen molar-refractivity contribution in [2.24, 2.45) is 0 Å². The molecule has 0 bridgehead atoms. The molecule has 0 aliphatic carbocycles. The Balaban J connectivity index is 2.16. The summed E-state index contributed by atoms with van der Waals surface area (Å²) in [5.41, 5.74) is 3.81. The van der Waals surface area contributed by atoms with Gasteiger partial charge in [0, 0.05) is 23.9 Å². The maximum absolute atomic E-state index is 12.3. The summed E-state index contributed by atoms with van der Waals surface area (Å²) >= 11 is 0. The number of nitrogens with one attached hydrogen (secondary N) is 2. The Morgan fingerprint density at radius 1 is 0.957 bits per heavy atom. The van der Waals surface area contributed by atoms with Crippen molar-refractivity contribution < 1.29 is 14.3 Å². The van der Waals surface area contributed by atoms with E-state index >= 15 is 0 Å². The summed E-state index contributed by atoms with van der Waals surface area (Å²) in [6, 6.07) is 10.5. The molecular weight excluding hydrogens is 292 g/mol. The van der Waals surface area contributed by atoms with Crippen LogP contribution in [0.1, 0.15) is 28.4 Å². The van der Waals surface area contributed by atoms with Crippen molar-refractivity contribution in [3.05, 3.63) is 53.1 Å². The quantitative estimate of drug-likeness (QED) is 0.907. The lowest BCUT2D eigenvalue weighted by atomic mass is 10.1. The highest BCUT2D eigenvalue weighted by Crippen LogP contribution is 2.26. The molecule has 0 aliphatic heterocycles. The minimum absolute atomic E-state index is 0.147. The van der Waals surface area contributed by atoms with E-state index in [-0.39, 0.29) is 11.8 Å². The summed E-state index contributed by atoms with van der Waals surface area (Å²) in [7, 11) is 1.62. The second-order valence-electron chi connectivity index (χ2n) is 5.35. The van der Waals surface area contributed by atoms with Gasteiger partial charge in [0.1, 0.15) is 5.75 Å². The highest BCUT2D eigenvalue weighted by molar-refractivity contribution is 6.05. The number of hydrogen-bond donors (Lipinski definition) is 2. The first-order valence-electron chi connectivity index (χ1n) is 7.25. The van der Waals surface area contributed by atoms with E-state index in [1.54, 1.807) is 31.4 Å². The number of carbonyl (C=O) groups excluding carboxylic acids is 2. The van der Waals surface area contributed by atoms with Crippen LogP contribution < -0.4 is 15.4 Å². The molecule has 0 atom stereocenters. The molecule has 5 heteroatoms. The predicted octanol–water partition coefficient (Wildman–Crippen LogP) is 3.52.